The Kier molecular flexibility index (Phi) is 15.0. The zero-order valence-corrected chi connectivity index (χ0v) is 32.8. The number of hydrogen-bond acceptors (Lipinski definition) is 7. The molecule has 6 rings (SSSR count). The van der Waals surface area contributed by atoms with E-state index in [1.54, 1.807) is 12.1 Å². The molecular weight excluding hydrogens is 737 g/mol. The van der Waals surface area contributed by atoms with E-state index in [1.165, 1.54) is 32.4 Å². The highest BCUT2D eigenvalue weighted by atomic mass is 32.3. The van der Waals surface area contributed by atoms with E-state index in [-0.39, 0.29) is 15.8 Å². The van der Waals surface area contributed by atoms with E-state index in [0.29, 0.717) is 25.7 Å². The molecule has 0 atom stereocenters. The van der Waals surface area contributed by atoms with Gasteiger partial charge in [-0.25, -0.2) is 25.3 Å². The number of benzene rings is 4. The number of aryl methyl sites for hydroxylation is 2. The van der Waals surface area contributed by atoms with Gasteiger partial charge in [0, 0.05) is 5.56 Å². The Balaban J connectivity index is 0.000000183. The van der Waals surface area contributed by atoms with Crippen LogP contribution in [0.4, 0.5) is 0 Å². The maximum atomic E-state index is 12.5. The van der Waals surface area contributed by atoms with Crippen molar-refractivity contribution in [2.24, 2.45) is 0 Å². The summed E-state index contributed by atoms with van der Waals surface area (Å²) in [6.45, 7) is 4.02. The number of nitrogens with zero attached hydrogens (tertiary/aromatic N) is 2. The van der Waals surface area contributed by atoms with E-state index >= 15 is 0 Å². The first-order valence-corrected chi connectivity index (χ1v) is 23.1. The van der Waals surface area contributed by atoms with Gasteiger partial charge in [-0.2, -0.15) is 0 Å². The quantitative estimate of drug-likeness (QED) is 0.0477. The Hall–Kier alpha value is -3.58. The van der Waals surface area contributed by atoms with Crippen molar-refractivity contribution >= 4 is 45.1 Å². The van der Waals surface area contributed by atoms with Crippen molar-refractivity contribution in [2.45, 2.75) is 108 Å². The molecule has 0 radical (unpaired) electrons. The summed E-state index contributed by atoms with van der Waals surface area (Å²) in [7, 11) is -12.4. The molecule has 2 aliphatic rings. The zero-order valence-electron chi connectivity index (χ0n) is 29.5. The normalized spacial score (nSPS) is 15.7. The summed E-state index contributed by atoms with van der Waals surface area (Å²) in [4.78, 5) is 6.69. The van der Waals surface area contributed by atoms with Crippen LogP contribution in [-0.2, 0) is 40.7 Å². The molecule has 2 saturated carbocycles. The lowest BCUT2D eigenvalue weighted by Crippen LogP contribution is -2.40. The molecule has 52 heavy (non-hydrogen) atoms. The van der Waals surface area contributed by atoms with Gasteiger partial charge in [-0.3, -0.25) is 0 Å². The van der Waals surface area contributed by atoms with Gasteiger partial charge in [0.2, 0.25) is 0 Å². The van der Waals surface area contributed by atoms with Crippen molar-refractivity contribution in [3.63, 3.8) is 0 Å². The average molecular weight is 783 g/mol. The minimum Gasteiger partial charge on any atom is -0.744 e. The van der Waals surface area contributed by atoms with E-state index in [2.05, 4.69) is 96.6 Å². The molecular formula is C39H46N2O7S4. The first kappa shape index (κ1) is 41.2. The van der Waals surface area contributed by atoms with Gasteiger partial charge in [0.15, 0.2) is 14.7 Å². The fourth-order valence-corrected chi connectivity index (χ4v) is 13.8. The molecule has 0 amide bonds. The standard InChI is InChI=1S/C19H17S.C13H22N2O4S2.C7H8O3S/c1-16-10-8-9-15-19(16)20(17-11-4-2-5-12-17)18-13-6-3-7-14-18;14-15-13(20(16,17)11-7-3-1-4-8-11)21(18,19)12-9-5-2-6-10-12;1-6-2-4-7(5-3-6)11(8,9)10/h2-15H,1H3;11-12H,1-10H2;2-5H,1H3,(H,8,9,10)/q+1;;/p-1. The predicted molar refractivity (Wildman–Crippen MR) is 206 cm³/mol. The third kappa shape index (κ3) is 11.0. The van der Waals surface area contributed by atoms with Crippen molar-refractivity contribution < 1.29 is 34.6 Å². The first-order valence-electron chi connectivity index (χ1n) is 17.4. The molecule has 0 aliphatic heterocycles. The average Bonchev–Trinajstić information content (AvgIpc) is 3.15. The van der Waals surface area contributed by atoms with Crippen molar-refractivity contribution in [1.82, 2.24) is 0 Å². The molecule has 0 unspecified atom stereocenters. The summed E-state index contributed by atoms with van der Waals surface area (Å²) in [6.07, 6.45) is 6.79. The summed E-state index contributed by atoms with van der Waals surface area (Å²) >= 11 is 0. The Bertz CT molecular complexity index is 2040. The predicted octanol–water partition coefficient (Wildman–Crippen LogP) is 8.06. The van der Waals surface area contributed by atoms with Crippen LogP contribution >= 0.6 is 0 Å². The lowest BCUT2D eigenvalue weighted by atomic mass is 10.0. The molecule has 0 heterocycles. The molecule has 4 aromatic carbocycles. The number of rotatable bonds is 6. The largest absolute Gasteiger partial charge is 0.744 e. The molecule has 2 fully saturated rings. The molecule has 0 saturated heterocycles. The molecule has 9 nitrogen and oxygen atoms in total. The van der Waals surface area contributed by atoms with E-state index < -0.39 is 44.7 Å². The van der Waals surface area contributed by atoms with Crippen LogP contribution in [0.3, 0.4) is 0 Å². The minimum absolute atomic E-state index is 0.0262. The van der Waals surface area contributed by atoms with Gasteiger partial charge in [0.1, 0.15) is 10.1 Å². The second-order valence-corrected chi connectivity index (χ2v) is 20.9. The van der Waals surface area contributed by atoms with Gasteiger partial charge in [0.05, 0.1) is 26.3 Å². The van der Waals surface area contributed by atoms with Gasteiger partial charge in [-0.05, 0) is 82.0 Å². The molecule has 0 spiro atoms. The van der Waals surface area contributed by atoms with Gasteiger partial charge in [-0.15, -0.1) is 4.79 Å². The van der Waals surface area contributed by atoms with Crippen LogP contribution in [0.15, 0.2) is 129 Å². The van der Waals surface area contributed by atoms with Crippen LogP contribution in [0.2, 0.25) is 0 Å². The fourth-order valence-electron chi connectivity index (χ4n) is 6.31. The summed E-state index contributed by atoms with van der Waals surface area (Å²) < 4.78 is 80.3. The zero-order chi connectivity index (χ0) is 37.8. The van der Waals surface area contributed by atoms with Crippen LogP contribution in [0, 0.1) is 13.8 Å². The fraction of sp³-hybridized carbons (Fsp3) is 0.359. The monoisotopic (exact) mass is 782 g/mol. The Labute approximate surface area is 312 Å². The van der Waals surface area contributed by atoms with E-state index in [4.69, 9.17) is 5.53 Å². The third-order valence-corrected chi connectivity index (χ3v) is 17.6. The van der Waals surface area contributed by atoms with E-state index in [0.717, 1.165) is 44.1 Å². The van der Waals surface area contributed by atoms with Crippen molar-refractivity contribution in [3.05, 3.63) is 126 Å². The smallest absolute Gasteiger partial charge is 0.495 e. The summed E-state index contributed by atoms with van der Waals surface area (Å²) in [6, 6.07) is 36.0. The van der Waals surface area contributed by atoms with Crippen LogP contribution in [0.25, 0.3) is 5.53 Å². The molecule has 13 heteroatoms. The highest BCUT2D eigenvalue weighted by molar-refractivity contribution is 8.31. The van der Waals surface area contributed by atoms with Crippen molar-refractivity contribution in [3.8, 4) is 0 Å². The van der Waals surface area contributed by atoms with Crippen molar-refractivity contribution in [2.75, 3.05) is 0 Å². The third-order valence-electron chi connectivity index (χ3n) is 9.13. The van der Waals surface area contributed by atoms with Gasteiger partial charge < -0.3 is 10.1 Å². The summed E-state index contributed by atoms with van der Waals surface area (Å²) in [5.74, 6) is 0. The van der Waals surface area contributed by atoms with Crippen molar-refractivity contribution in [1.29, 1.82) is 0 Å². The van der Waals surface area contributed by atoms with Gasteiger partial charge in [0.25, 0.3) is 19.7 Å². The SMILES string of the molecule is Cc1ccc(S(=O)(=O)[O-])cc1.Cc1ccccc1[S+](c1ccccc1)c1ccccc1.[N-]=[N+]=C(S(=O)(=O)C1CCCCC1)S(=O)(=O)C1CCCCC1. The minimum atomic E-state index is -4.27. The molecule has 0 N–H and O–H groups in total. The topological polar surface area (TPSA) is 162 Å². The van der Waals surface area contributed by atoms with E-state index in [1.807, 2.05) is 6.92 Å². The number of hydrogen-bond donors (Lipinski definition) is 0. The van der Waals surface area contributed by atoms with Crippen LogP contribution < -0.4 is 0 Å². The maximum absolute atomic E-state index is 12.5. The van der Waals surface area contributed by atoms with E-state index in [9.17, 15) is 29.8 Å². The Morgan fingerprint density at radius 2 is 1.00 bits per heavy atom. The lowest BCUT2D eigenvalue weighted by molar-refractivity contribution is 0.00359. The van der Waals surface area contributed by atoms with Crippen LogP contribution in [-0.4, -0.2) is 49.5 Å². The summed E-state index contributed by atoms with van der Waals surface area (Å²) in [5.41, 5.74) is 11.4. The van der Waals surface area contributed by atoms with Gasteiger partial charge >= 0.3 is 4.38 Å². The molecule has 2 aliphatic carbocycles. The maximum Gasteiger partial charge on any atom is 0.495 e. The summed E-state index contributed by atoms with van der Waals surface area (Å²) in [5, 5.41) is -1.45. The highest BCUT2D eigenvalue weighted by Crippen LogP contribution is 2.33. The van der Waals surface area contributed by atoms with Crippen LogP contribution in [0.5, 0.6) is 0 Å². The molecule has 0 bridgehead atoms. The second-order valence-electron chi connectivity index (χ2n) is 12.9. The molecule has 0 aromatic heterocycles. The number of sulfone groups is 2. The lowest BCUT2D eigenvalue weighted by Gasteiger charge is -2.22. The molecule has 278 valence electrons. The van der Waals surface area contributed by atoms with Crippen LogP contribution in [0.1, 0.15) is 75.3 Å². The highest BCUT2D eigenvalue weighted by Gasteiger charge is 2.49. The Morgan fingerprint density at radius 3 is 1.38 bits per heavy atom. The molecule has 4 aromatic rings. The first-order chi connectivity index (χ1) is 24.8. The second kappa shape index (κ2) is 19.0. The van der Waals surface area contributed by atoms with Gasteiger partial charge in [-0.1, -0.05) is 111 Å². The Morgan fingerprint density at radius 1 is 0.596 bits per heavy atom.